The molecule has 0 amide bonds. The van der Waals surface area contributed by atoms with E-state index in [2.05, 4.69) is 15.9 Å². The molecule has 1 aliphatic heterocycles. The fourth-order valence-electron chi connectivity index (χ4n) is 1.25. The van der Waals surface area contributed by atoms with Gasteiger partial charge in [-0.1, -0.05) is 15.9 Å². The monoisotopic (exact) mass is 244 g/mol. The lowest BCUT2D eigenvalue weighted by molar-refractivity contribution is 0.173. The summed E-state index contributed by atoms with van der Waals surface area (Å²) >= 11 is 3.35. The first-order chi connectivity index (χ1) is 6.18. The molecule has 0 spiro atoms. The molecule has 1 aromatic carbocycles. The Morgan fingerprint density at radius 2 is 2.00 bits per heavy atom. The fraction of sp³-hybridized carbons (Fsp3) is 0.333. The Bertz CT molecular complexity index is 336. The maximum atomic E-state index is 9.41. The number of aliphatic hydroxyl groups is 1. The molecule has 0 bridgehead atoms. The number of fused-ring (bicyclic) bond motifs is 1. The second-order valence-electron chi connectivity index (χ2n) is 2.90. The summed E-state index contributed by atoms with van der Waals surface area (Å²) < 4.78 is 11.2. The van der Waals surface area contributed by atoms with Crippen LogP contribution in [-0.4, -0.2) is 11.9 Å². The van der Waals surface area contributed by atoms with Crippen LogP contribution in [0.4, 0.5) is 0 Å². The van der Waals surface area contributed by atoms with Gasteiger partial charge in [0, 0.05) is 4.47 Å². The van der Waals surface area contributed by atoms with Crippen LogP contribution < -0.4 is 9.47 Å². The number of rotatable bonds is 1. The molecular weight excluding hydrogens is 236 g/mol. The lowest BCUT2D eigenvalue weighted by Gasteiger charge is -2.08. The van der Waals surface area contributed by atoms with Crippen molar-refractivity contribution in [3.63, 3.8) is 0 Å². The zero-order valence-electron chi connectivity index (χ0n) is 7.08. The highest BCUT2D eigenvalue weighted by Crippen LogP contribution is 2.38. The van der Waals surface area contributed by atoms with Crippen LogP contribution >= 0.6 is 15.9 Å². The van der Waals surface area contributed by atoms with Crippen LogP contribution in [0.5, 0.6) is 11.5 Å². The molecule has 1 aliphatic rings. The van der Waals surface area contributed by atoms with Gasteiger partial charge in [0.15, 0.2) is 11.5 Å². The zero-order chi connectivity index (χ0) is 9.42. The van der Waals surface area contributed by atoms with Crippen LogP contribution in [0.1, 0.15) is 18.6 Å². The van der Waals surface area contributed by atoms with Gasteiger partial charge in [0.25, 0.3) is 0 Å². The van der Waals surface area contributed by atoms with E-state index in [4.69, 9.17) is 9.47 Å². The van der Waals surface area contributed by atoms with Crippen LogP contribution in [0.15, 0.2) is 16.6 Å². The van der Waals surface area contributed by atoms with Gasteiger partial charge in [-0.25, -0.2) is 0 Å². The molecule has 0 saturated heterocycles. The Morgan fingerprint density at radius 1 is 1.38 bits per heavy atom. The topological polar surface area (TPSA) is 38.7 Å². The minimum absolute atomic E-state index is 0.255. The first-order valence-corrected chi connectivity index (χ1v) is 4.75. The summed E-state index contributed by atoms with van der Waals surface area (Å²) in [4.78, 5) is 0. The van der Waals surface area contributed by atoms with Crippen LogP contribution in [-0.2, 0) is 0 Å². The Kier molecular flexibility index (Phi) is 2.17. The van der Waals surface area contributed by atoms with Gasteiger partial charge in [-0.15, -0.1) is 0 Å². The minimum Gasteiger partial charge on any atom is -0.454 e. The maximum Gasteiger partial charge on any atom is 0.231 e. The normalized spacial score (nSPS) is 15.9. The summed E-state index contributed by atoms with van der Waals surface area (Å²) in [5.41, 5.74) is 0.809. The average Bonchev–Trinajstić information content (AvgIpc) is 2.48. The van der Waals surface area contributed by atoms with Crippen molar-refractivity contribution in [1.29, 1.82) is 0 Å². The summed E-state index contributed by atoms with van der Waals surface area (Å²) in [5.74, 6) is 1.41. The van der Waals surface area contributed by atoms with Gasteiger partial charge < -0.3 is 14.6 Å². The van der Waals surface area contributed by atoms with Crippen LogP contribution in [0, 0.1) is 0 Å². The quantitative estimate of drug-likeness (QED) is 0.824. The molecule has 1 aromatic rings. The summed E-state index contributed by atoms with van der Waals surface area (Å²) in [6, 6.07) is 3.60. The smallest absolute Gasteiger partial charge is 0.231 e. The number of halogens is 1. The molecule has 0 aromatic heterocycles. The molecule has 3 nitrogen and oxygen atoms in total. The molecule has 0 aliphatic carbocycles. The molecule has 0 unspecified atom stereocenters. The predicted molar refractivity (Wildman–Crippen MR) is 50.9 cm³/mol. The van der Waals surface area contributed by atoms with Crippen molar-refractivity contribution in [2.45, 2.75) is 13.0 Å². The molecule has 1 atom stereocenters. The van der Waals surface area contributed by atoms with Gasteiger partial charge in [0.2, 0.25) is 6.79 Å². The molecule has 1 N–H and O–H groups in total. The third kappa shape index (κ3) is 1.51. The van der Waals surface area contributed by atoms with Crippen molar-refractivity contribution in [3.8, 4) is 11.5 Å². The number of hydrogen-bond donors (Lipinski definition) is 1. The highest BCUT2D eigenvalue weighted by Gasteiger charge is 2.17. The maximum absolute atomic E-state index is 9.41. The Labute approximate surface area is 84.4 Å². The van der Waals surface area contributed by atoms with Gasteiger partial charge in [-0.3, -0.25) is 0 Å². The highest BCUT2D eigenvalue weighted by atomic mass is 79.9. The Balaban J connectivity index is 2.49. The molecular formula is C9H9BrO3. The van der Waals surface area contributed by atoms with E-state index in [1.54, 1.807) is 13.0 Å². The first-order valence-electron chi connectivity index (χ1n) is 3.95. The standard InChI is InChI=1S/C9H9BrO3/c1-5(11)6-2-8-9(3-7(6)10)13-4-12-8/h2-3,5,11H,4H2,1H3/t5-/m1/s1. The van der Waals surface area contributed by atoms with E-state index in [-0.39, 0.29) is 6.79 Å². The van der Waals surface area contributed by atoms with Crippen LogP contribution in [0.25, 0.3) is 0 Å². The molecule has 70 valence electrons. The van der Waals surface area contributed by atoms with Crippen molar-refractivity contribution in [2.24, 2.45) is 0 Å². The third-order valence-corrected chi connectivity index (χ3v) is 2.63. The van der Waals surface area contributed by atoms with Gasteiger partial charge in [0.05, 0.1) is 6.10 Å². The SMILES string of the molecule is C[C@@H](O)c1cc2c(cc1Br)OCO2. The van der Waals surface area contributed by atoms with E-state index in [1.807, 2.05) is 6.07 Å². The predicted octanol–water partition coefficient (Wildman–Crippen LogP) is 2.23. The second kappa shape index (κ2) is 3.20. The van der Waals surface area contributed by atoms with E-state index in [0.717, 1.165) is 15.8 Å². The number of aliphatic hydroxyl groups excluding tert-OH is 1. The summed E-state index contributed by atoms with van der Waals surface area (Å²) in [5, 5.41) is 9.41. The van der Waals surface area contributed by atoms with Gasteiger partial charge in [-0.05, 0) is 24.6 Å². The number of benzene rings is 1. The third-order valence-electron chi connectivity index (χ3n) is 1.94. The van der Waals surface area contributed by atoms with Gasteiger partial charge in [-0.2, -0.15) is 0 Å². The summed E-state index contributed by atoms with van der Waals surface area (Å²) in [6.45, 7) is 1.97. The van der Waals surface area contributed by atoms with Gasteiger partial charge >= 0.3 is 0 Å². The molecule has 0 fully saturated rings. The van der Waals surface area contributed by atoms with E-state index >= 15 is 0 Å². The fourth-order valence-corrected chi connectivity index (χ4v) is 1.91. The van der Waals surface area contributed by atoms with E-state index in [1.165, 1.54) is 0 Å². The Hall–Kier alpha value is -0.740. The van der Waals surface area contributed by atoms with Crippen LogP contribution in [0.2, 0.25) is 0 Å². The van der Waals surface area contributed by atoms with Crippen molar-refractivity contribution in [3.05, 3.63) is 22.2 Å². The molecule has 1 heterocycles. The largest absolute Gasteiger partial charge is 0.454 e. The lowest BCUT2D eigenvalue weighted by atomic mass is 10.1. The molecule has 13 heavy (non-hydrogen) atoms. The van der Waals surface area contributed by atoms with E-state index in [9.17, 15) is 5.11 Å². The van der Waals surface area contributed by atoms with Crippen molar-refractivity contribution in [2.75, 3.05) is 6.79 Å². The van der Waals surface area contributed by atoms with Crippen molar-refractivity contribution >= 4 is 15.9 Å². The second-order valence-corrected chi connectivity index (χ2v) is 3.76. The van der Waals surface area contributed by atoms with Crippen LogP contribution in [0.3, 0.4) is 0 Å². The molecule has 0 saturated carbocycles. The number of ether oxygens (including phenoxy) is 2. The van der Waals surface area contributed by atoms with Crippen molar-refractivity contribution in [1.82, 2.24) is 0 Å². The van der Waals surface area contributed by atoms with E-state index < -0.39 is 6.10 Å². The molecule has 4 heteroatoms. The highest BCUT2D eigenvalue weighted by molar-refractivity contribution is 9.10. The van der Waals surface area contributed by atoms with Gasteiger partial charge in [0.1, 0.15) is 0 Å². The minimum atomic E-state index is -0.510. The molecule has 0 radical (unpaired) electrons. The van der Waals surface area contributed by atoms with E-state index in [0.29, 0.717) is 5.75 Å². The summed E-state index contributed by atoms with van der Waals surface area (Å²) in [6.07, 6.45) is -0.510. The van der Waals surface area contributed by atoms with Crippen molar-refractivity contribution < 1.29 is 14.6 Å². The molecule has 2 rings (SSSR count). The summed E-state index contributed by atoms with van der Waals surface area (Å²) in [7, 11) is 0. The average molecular weight is 245 g/mol. The number of hydrogen-bond acceptors (Lipinski definition) is 3. The zero-order valence-corrected chi connectivity index (χ0v) is 8.67. The lowest BCUT2D eigenvalue weighted by Crippen LogP contribution is -1.93. The first kappa shape index (κ1) is 8.84. The Morgan fingerprint density at radius 3 is 2.62 bits per heavy atom.